The van der Waals surface area contributed by atoms with Crippen molar-refractivity contribution in [2.45, 2.75) is 25.4 Å². The number of aromatic nitrogens is 2. The maximum Gasteiger partial charge on any atom is 0.281 e. The van der Waals surface area contributed by atoms with Gasteiger partial charge >= 0.3 is 0 Å². The minimum absolute atomic E-state index is 0.0460. The lowest BCUT2D eigenvalue weighted by atomic mass is 10.2. The minimum atomic E-state index is -0.454. The number of halogens is 1. The van der Waals surface area contributed by atoms with Crippen LogP contribution in [0.1, 0.15) is 17.8 Å². The number of benzene rings is 1. The van der Waals surface area contributed by atoms with Gasteiger partial charge in [-0.1, -0.05) is 29.0 Å². The summed E-state index contributed by atoms with van der Waals surface area (Å²) in [6, 6.07) is 5.18. The Bertz CT molecular complexity index is 657. The lowest BCUT2D eigenvalue weighted by molar-refractivity contribution is -0.384. The number of nitro groups is 1. The average molecular weight is 311 g/mol. The molecule has 6 nitrogen and oxygen atoms in total. The molecule has 0 saturated heterocycles. The van der Waals surface area contributed by atoms with E-state index in [0.29, 0.717) is 28.2 Å². The Kier molecular flexibility index (Phi) is 3.64. The van der Waals surface area contributed by atoms with Crippen molar-refractivity contribution in [1.29, 1.82) is 0 Å². The Morgan fingerprint density at radius 3 is 2.95 bits per heavy atom. The summed E-state index contributed by atoms with van der Waals surface area (Å²) in [5.74, 6) is 0. The second kappa shape index (κ2) is 5.43. The van der Waals surface area contributed by atoms with Gasteiger partial charge in [0.1, 0.15) is 10.6 Å². The van der Waals surface area contributed by atoms with Gasteiger partial charge in [-0.2, -0.15) is 0 Å². The van der Waals surface area contributed by atoms with Gasteiger partial charge in [-0.25, -0.2) is 0 Å². The summed E-state index contributed by atoms with van der Waals surface area (Å²) < 4.78 is 0. The van der Waals surface area contributed by atoms with Crippen LogP contribution >= 0.6 is 22.9 Å². The Labute approximate surface area is 123 Å². The van der Waals surface area contributed by atoms with E-state index in [4.69, 9.17) is 11.6 Å². The number of nitro benzene ring substituents is 1. The van der Waals surface area contributed by atoms with Gasteiger partial charge < -0.3 is 5.32 Å². The molecule has 3 rings (SSSR count). The lowest BCUT2D eigenvalue weighted by Gasteiger charge is -2.00. The molecule has 1 fully saturated rings. The summed E-state index contributed by atoms with van der Waals surface area (Å²) in [5.41, 5.74) is 0.296. The van der Waals surface area contributed by atoms with Crippen LogP contribution < -0.4 is 5.32 Å². The molecule has 0 spiro atoms. The average Bonchev–Trinajstić information content (AvgIpc) is 3.14. The van der Waals surface area contributed by atoms with Crippen LogP contribution in [0.5, 0.6) is 0 Å². The first-order chi connectivity index (χ1) is 9.65. The van der Waals surface area contributed by atoms with Crippen molar-refractivity contribution in [3.63, 3.8) is 0 Å². The molecule has 0 unspecified atom stereocenters. The van der Waals surface area contributed by atoms with E-state index in [0.717, 1.165) is 5.01 Å². The summed E-state index contributed by atoms with van der Waals surface area (Å²) in [5, 5.41) is 24.1. The van der Waals surface area contributed by atoms with Crippen molar-refractivity contribution in [1.82, 2.24) is 15.5 Å². The SMILES string of the molecule is O=[N+]([O-])c1cccc(Cl)c1-c1nnc(CNC2CC2)s1. The molecule has 0 bridgehead atoms. The molecule has 104 valence electrons. The molecule has 0 aliphatic heterocycles. The fraction of sp³-hybridized carbons (Fsp3) is 0.333. The third-order valence-corrected chi connectivity index (χ3v) is 4.24. The molecule has 8 heteroatoms. The van der Waals surface area contributed by atoms with E-state index in [2.05, 4.69) is 15.5 Å². The van der Waals surface area contributed by atoms with E-state index in [9.17, 15) is 10.1 Å². The van der Waals surface area contributed by atoms with Crippen LogP contribution in [0.15, 0.2) is 18.2 Å². The Hall–Kier alpha value is -1.57. The van der Waals surface area contributed by atoms with Crippen molar-refractivity contribution < 1.29 is 4.92 Å². The summed E-state index contributed by atoms with van der Waals surface area (Å²) in [6.45, 7) is 0.639. The molecule has 0 radical (unpaired) electrons. The molecule has 20 heavy (non-hydrogen) atoms. The predicted octanol–water partition coefficient (Wildman–Crippen LogP) is 3.02. The molecule has 1 heterocycles. The van der Waals surface area contributed by atoms with E-state index in [1.165, 1.54) is 30.2 Å². The van der Waals surface area contributed by atoms with Crippen LogP contribution in [-0.4, -0.2) is 21.2 Å². The molecule has 2 aromatic rings. The lowest BCUT2D eigenvalue weighted by Crippen LogP contribution is -2.14. The van der Waals surface area contributed by atoms with Gasteiger partial charge in [-0.15, -0.1) is 10.2 Å². The zero-order valence-corrected chi connectivity index (χ0v) is 11.9. The maximum absolute atomic E-state index is 11.1. The van der Waals surface area contributed by atoms with Crippen molar-refractivity contribution in [2.75, 3.05) is 0 Å². The summed E-state index contributed by atoms with van der Waals surface area (Å²) >= 11 is 7.40. The molecule has 1 N–H and O–H groups in total. The largest absolute Gasteiger partial charge is 0.308 e. The normalized spacial score (nSPS) is 14.4. The molecule has 0 atom stereocenters. The van der Waals surface area contributed by atoms with Gasteiger partial charge in [0.05, 0.1) is 9.95 Å². The topological polar surface area (TPSA) is 81.0 Å². The third-order valence-electron chi connectivity index (χ3n) is 2.99. The third kappa shape index (κ3) is 2.79. The van der Waals surface area contributed by atoms with Crippen molar-refractivity contribution in [3.8, 4) is 10.6 Å². The fourth-order valence-corrected chi connectivity index (χ4v) is 3.00. The zero-order valence-electron chi connectivity index (χ0n) is 10.4. The quantitative estimate of drug-likeness (QED) is 0.678. The number of nitrogens with one attached hydrogen (secondary N) is 1. The monoisotopic (exact) mass is 310 g/mol. The highest BCUT2D eigenvalue weighted by Gasteiger charge is 2.23. The maximum atomic E-state index is 11.1. The molecular weight excluding hydrogens is 300 g/mol. The zero-order chi connectivity index (χ0) is 14.1. The molecular formula is C12H11ClN4O2S. The van der Waals surface area contributed by atoms with Crippen molar-refractivity contribution >= 4 is 28.6 Å². The molecule has 1 saturated carbocycles. The first-order valence-corrected chi connectivity index (χ1v) is 7.33. The van der Waals surface area contributed by atoms with E-state index < -0.39 is 4.92 Å². The highest BCUT2D eigenvalue weighted by atomic mass is 35.5. The van der Waals surface area contributed by atoms with Crippen molar-refractivity contribution in [3.05, 3.63) is 38.3 Å². The second-order valence-electron chi connectivity index (χ2n) is 4.55. The smallest absolute Gasteiger partial charge is 0.281 e. The van der Waals surface area contributed by atoms with Crippen LogP contribution in [-0.2, 0) is 6.54 Å². The van der Waals surface area contributed by atoms with Gasteiger partial charge in [0, 0.05) is 18.7 Å². The van der Waals surface area contributed by atoms with Gasteiger partial charge in [0.15, 0.2) is 5.01 Å². The molecule has 1 aromatic heterocycles. The number of rotatable bonds is 5. The van der Waals surface area contributed by atoms with E-state index >= 15 is 0 Å². The fourth-order valence-electron chi connectivity index (χ4n) is 1.82. The van der Waals surface area contributed by atoms with Crippen LogP contribution in [0, 0.1) is 10.1 Å². The number of nitrogens with zero attached hydrogens (tertiary/aromatic N) is 3. The Balaban J connectivity index is 1.90. The standard InChI is InChI=1S/C12H11ClN4O2S/c13-8-2-1-3-9(17(18)19)11(8)12-16-15-10(20-12)6-14-7-4-5-7/h1-3,7,14H,4-6H2. The summed E-state index contributed by atoms with van der Waals surface area (Å²) in [4.78, 5) is 10.6. The Morgan fingerprint density at radius 2 is 2.25 bits per heavy atom. The molecule has 1 aliphatic carbocycles. The van der Waals surface area contributed by atoms with Gasteiger partial charge in [-0.05, 0) is 18.9 Å². The molecule has 1 aliphatic rings. The number of hydrogen-bond donors (Lipinski definition) is 1. The summed E-state index contributed by atoms with van der Waals surface area (Å²) in [6.07, 6.45) is 2.39. The van der Waals surface area contributed by atoms with Crippen LogP contribution in [0.2, 0.25) is 5.02 Å². The van der Waals surface area contributed by atoms with Gasteiger partial charge in [0.2, 0.25) is 0 Å². The second-order valence-corrected chi connectivity index (χ2v) is 6.02. The molecule has 1 aromatic carbocycles. The van der Waals surface area contributed by atoms with E-state index in [1.807, 2.05) is 0 Å². The van der Waals surface area contributed by atoms with Crippen LogP contribution in [0.25, 0.3) is 10.6 Å². The molecule has 0 amide bonds. The van der Waals surface area contributed by atoms with E-state index in [1.54, 1.807) is 12.1 Å². The van der Waals surface area contributed by atoms with Crippen LogP contribution in [0.4, 0.5) is 5.69 Å². The Morgan fingerprint density at radius 1 is 1.45 bits per heavy atom. The predicted molar refractivity (Wildman–Crippen MR) is 76.9 cm³/mol. The van der Waals surface area contributed by atoms with Crippen molar-refractivity contribution in [2.24, 2.45) is 0 Å². The minimum Gasteiger partial charge on any atom is -0.308 e. The highest BCUT2D eigenvalue weighted by molar-refractivity contribution is 7.14. The van der Waals surface area contributed by atoms with Gasteiger partial charge in [-0.3, -0.25) is 10.1 Å². The summed E-state index contributed by atoms with van der Waals surface area (Å²) in [7, 11) is 0. The van der Waals surface area contributed by atoms with Gasteiger partial charge in [0.25, 0.3) is 5.69 Å². The van der Waals surface area contributed by atoms with Crippen LogP contribution in [0.3, 0.4) is 0 Å². The number of hydrogen-bond acceptors (Lipinski definition) is 6. The highest BCUT2D eigenvalue weighted by Crippen LogP contribution is 2.37. The first-order valence-electron chi connectivity index (χ1n) is 6.14. The van der Waals surface area contributed by atoms with E-state index in [-0.39, 0.29) is 5.69 Å². The first kappa shape index (κ1) is 13.4.